The summed E-state index contributed by atoms with van der Waals surface area (Å²) in [5.41, 5.74) is 1.13. The summed E-state index contributed by atoms with van der Waals surface area (Å²) < 4.78 is 5.74. The molecule has 0 aromatic heterocycles. The number of carbonyl (C=O) groups excluding carboxylic acids is 1. The second-order valence-corrected chi connectivity index (χ2v) is 5.23. The van der Waals surface area contributed by atoms with Crippen molar-refractivity contribution in [1.29, 1.82) is 0 Å². The van der Waals surface area contributed by atoms with Crippen molar-refractivity contribution >= 4 is 21.8 Å². The number of halogens is 1. The van der Waals surface area contributed by atoms with Crippen molar-refractivity contribution < 1.29 is 9.53 Å². The minimum absolute atomic E-state index is 0.104. The molecule has 2 rings (SSSR count). The van der Waals surface area contributed by atoms with Gasteiger partial charge in [-0.15, -0.1) is 0 Å². The zero-order valence-electron chi connectivity index (χ0n) is 10.6. The minimum atomic E-state index is -0.340. The number of alkyl halides is 1. The molecule has 1 atom stereocenters. The lowest BCUT2D eigenvalue weighted by Gasteiger charge is -2.24. The third kappa shape index (κ3) is 2.86. The Morgan fingerprint density at radius 2 is 2.22 bits per heavy atom. The molecule has 1 unspecified atom stereocenters. The first-order valence-electron chi connectivity index (χ1n) is 6.35. The topological polar surface area (TPSA) is 29.5 Å². The van der Waals surface area contributed by atoms with Gasteiger partial charge in [-0.3, -0.25) is 4.79 Å². The quantitative estimate of drug-likeness (QED) is 0.782. The van der Waals surface area contributed by atoms with Gasteiger partial charge in [-0.1, -0.05) is 41.1 Å². The fourth-order valence-electron chi connectivity index (χ4n) is 2.23. The summed E-state index contributed by atoms with van der Waals surface area (Å²) >= 11 is 3.39. The van der Waals surface area contributed by atoms with Crippen LogP contribution in [-0.4, -0.2) is 35.3 Å². The maximum absolute atomic E-state index is 12.4. The maximum Gasteiger partial charge on any atom is 0.264 e. The summed E-state index contributed by atoms with van der Waals surface area (Å²) in [6.07, 6.45) is 1.32. The predicted octanol–water partition coefficient (Wildman–Crippen LogP) is 2.62. The van der Waals surface area contributed by atoms with Gasteiger partial charge >= 0.3 is 0 Å². The highest BCUT2D eigenvalue weighted by Gasteiger charge is 2.31. The summed E-state index contributed by atoms with van der Waals surface area (Å²) in [6.45, 7) is 3.61. The highest BCUT2D eigenvalue weighted by atomic mass is 79.9. The maximum atomic E-state index is 12.4. The fourth-order valence-corrected chi connectivity index (χ4v) is 2.66. The van der Waals surface area contributed by atoms with E-state index in [1.54, 1.807) is 0 Å². The second-order valence-electron chi connectivity index (χ2n) is 4.43. The standard InChI is InChI=1S/C14H18BrNO2/c1-2-8-16(9-7-15)14(17)13-10-11-5-3-4-6-12(11)18-13/h3-6,13H,2,7-10H2,1H3. The molecule has 0 saturated heterocycles. The normalized spacial score (nSPS) is 17.1. The smallest absolute Gasteiger partial charge is 0.264 e. The number of rotatable bonds is 5. The second kappa shape index (κ2) is 6.23. The van der Waals surface area contributed by atoms with Crippen LogP contribution in [0, 0.1) is 0 Å². The number of benzene rings is 1. The van der Waals surface area contributed by atoms with E-state index in [-0.39, 0.29) is 12.0 Å². The Balaban J connectivity index is 2.03. The molecular weight excluding hydrogens is 294 g/mol. The number of fused-ring (bicyclic) bond motifs is 1. The average Bonchev–Trinajstić information content (AvgIpc) is 2.81. The molecule has 1 aromatic rings. The van der Waals surface area contributed by atoms with E-state index in [4.69, 9.17) is 4.74 Å². The zero-order chi connectivity index (χ0) is 13.0. The van der Waals surface area contributed by atoms with Gasteiger partial charge in [0, 0.05) is 24.8 Å². The molecule has 0 radical (unpaired) electrons. The van der Waals surface area contributed by atoms with Crippen LogP contribution in [0.4, 0.5) is 0 Å². The SMILES string of the molecule is CCCN(CCBr)C(=O)C1Cc2ccccc2O1. The molecule has 1 aromatic carbocycles. The highest BCUT2D eigenvalue weighted by molar-refractivity contribution is 9.09. The third-order valence-corrected chi connectivity index (χ3v) is 3.44. The number of para-hydroxylation sites is 1. The first-order valence-corrected chi connectivity index (χ1v) is 7.47. The highest BCUT2D eigenvalue weighted by Crippen LogP contribution is 2.28. The molecule has 3 nitrogen and oxygen atoms in total. The van der Waals surface area contributed by atoms with Crippen molar-refractivity contribution in [2.45, 2.75) is 25.9 Å². The Kier molecular flexibility index (Phi) is 4.64. The number of carbonyl (C=O) groups is 1. The van der Waals surface area contributed by atoms with Gasteiger partial charge in [0.15, 0.2) is 6.10 Å². The molecule has 1 amide bonds. The van der Waals surface area contributed by atoms with Gasteiger partial charge in [-0.25, -0.2) is 0 Å². The van der Waals surface area contributed by atoms with Crippen LogP contribution in [0.5, 0.6) is 5.75 Å². The molecule has 1 aliphatic rings. The number of hydrogen-bond acceptors (Lipinski definition) is 2. The monoisotopic (exact) mass is 311 g/mol. The number of ether oxygens (including phenoxy) is 1. The van der Waals surface area contributed by atoms with E-state index in [9.17, 15) is 4.79 Å². The first-order chi connectivity index (χ1) is 8.76. The van der Waals surface area contributed by atoms with E-state index in [1.165, 1.54) is 0 Å². The molecule has 0 bridgehead atoms. The molecule has 0 N–H and O–H groups in total. The Labute approximate surface area is 116 Å². The largest absolute Gasteiger partial charge is 0.480 e. The molecule has 0 fully saturated rings. The Hall–Kier alpha value is -1.03. The van der Waals surface area contributed by atoms with Crippen LogP contribution in [-0.2, 0) is 11.2 Å². The summed E-state index contributed by atoms with van der Waals surface area (Å²) in [4.78, 5) is 14.3. The summed E-state index contributed by atoms with van der Waals surface area (Å²) in [5.74, 6) is 0.957. The van der Waals surface area contributed by atoms with E-state index in [0.29, 0.717) is 6.42 Å². The number of hydrogen-bond donors (Lipinski definition) is 0. The van der Waals surface area contributed by atoms with Crippen LogP contribution in [0.2, 0.25) is 0 Å². The van der Waals surface area contributed by atoms with E-state index in [1.807, 2.05) is 29.2 Å². The van der Waals surface area contributed by atoms with Crippen LogP contribution < -0.4 is 4.74 Å². The molecular formula is C14H18BrNO2. The van der Waals surface area contributed by atoms with E-state index in [0.717, 1.165) is 36.2 Å². The summed E-state index contributed by atoms with van der Waals surface area (Å²) in [5, 5.41) is 0.804. The van der Waals surface area contributed by atoms with Crippen LogP contribution >= 0.6 is 15.9 Å². The van der Waals surface area contributed by atoms with Crippen molar-refractivity contribution in [3.05, 3.63) is 29.8 Å². The lowest BCUT2D eigenvalue weighted by Crippen LogP contribution is -2.42. The van der Waals surface area contributed by atoms with E-state index < -0.39 is 0 Å². The molecule has 18 heavy (non-hydrogen) atoms. The molecule has 0 saturated carbocycles. The Bertz CT molecular complexity index is 391. The summed E-state index contributed by atoms with van der Waals surface area (Å²) in [7, 11) is 0. The molecule has 4 heteroatoms. The lowest BCUT2D eigenvalue weighted by atomic mass is 10.1. The average molecular weight is 312 g/mol. The molecule has 0 aliphatic carbocycles. The Morgan fingerprint density at radius 1 is 1.44 bits per heavy atom. The van der Waals surface area contributed by atoms with Crippen LogP contribution in [0.1, 0.15) is 18.9 Å². The van der Waals surface area contributed by atoms with E-state index in [2.05, 4.69) is 22.9 Å². The third-order valence-electron chi connectivity index (χ3n) is 3.08. The van der Waals surface area contributed by atoms with Gasteiger partial charge in [0.25, 0.3) is 5.91 Å². The van der Waals surface area contributed by atoms with Crippen molar-refractivity contribution in [3.63, 3.8) is 0 Å². The van der Waals surface area contributed by atoms with Gasteiger partial charge in [0.1, 0.15) is 5.75 Å². The van der Waals surface area contributed by atoms with E-state index >= 15 is 0 Å². The van der Waals surface area contributed by atoms with Crippen LogP contribution in [0.3, 0.4) is 0 Å². The van der Waals surface area contributed by atoms with Gasteiger partial charge in [-0.2, -0.15) is 0 Å². The lowest BCUT2D eigenvalue weighted by molar-refractivity contribution is -0.137. The summed E-state index contributed by atoms with van der Waals surface area (Å²) in [6, 6.07) is 7.87. The first kappa shape index (κ1) is 13.4. The van der Waals surface area contributed by atoms with Gasteiger partial charge < -0.3 is 9.64 Å². The predicted molar refractivity (Wildman–Crippen MR) is 75.2 cm³/mol. The molecule has 1 aliphatic heterocycles. The van der Waals surface area contributed by atoms with Crippen LogP contribution in [0.25, 0.3) is 0 Å². The van der Waals surface area contributed by atoms with Crippen LogP contribution in [0.15, 0.2) is 24.3 Å². The Morgan fingerprint density at radius 3 is 2.89 bits per heavy atom. The van der Waals surface area contributed by atoms with Crippen molar-refractivity contribution in [2.75, 3.05) is 18.4 Å². The molecule has 0 spiro atoms. The van der Waals surface area contributed by atoms with Crippen molar-refractivity contribution in [1.82, 2.24) is 4.90 Å². The van der Waals surface area contributed by atoms with Gasteiger partial charge in [0.05, 0.1) is 0 Å². The van der Waals surface area contributed by atoms with Crippen molar-refractivity contribution in [3.8, 4) is 5.75 Å². The number of amides is 1. The van der Waals surface area contributed by atoms with Gasteiger partial charge in [-0.05, 0) is 18.1 Å². The zero-order valence-corrected chi connectivity index (χ0v) is 12.1. The molecule has 98 valence electrons. The minimum Gasteiger partial charge on any atom is -0.480 e. The molecule has 1 heterocycles. The number of nitrogens with zero attached hydrogens (tertiary/aromatic N) is 1. The van der Waals surface area contributed by atoms with Crippen molar-refractivity contribution in [2.24, 2.45) is 0 Å². The fraction of sp³-hybridized carbons (Fsp3) is 0.500. The van der Waals surface area contributed by atoms with Gasteiger partial charge in [0.2, 0.25) is 0 Å².